The minimum Gasteiger partial charge on any atom is -0.368 e. The van der Waals surface area contributed by atoms with Crippen molar-refractivity contribution in [2.24, 2.45) is 0 Å². The smallest absolute Gasteiger partial charge is 0.255 e. The van der Waals surface area contributed by atoms with E-state index in [-0.39, 0.29) is 11.7 Å². The Morgan fingerprint density at radius 3 is 2.41 bits per heavy atom. The molecular weight excluding hydrogens is 349 g/mol. The van der Waals surface area contributed by atoms with Gasteiger partial charge in [-0.15, -0.1) is 0 Å². The summed E-state index contributed by atoms with van der Waals surface area (Å²) in [7, 11) is 0. The maximum Gasteiger partial charge on any atom is 0.255 e. The topological polar surface area (TPSA) is 36.4 Å². The van der Waals surface area contributed by atoms with Gasteiger partial charge in [-0.1, -0.05) is 0 Å². The van der Waals surface area contributed by atoms with Crippen molar-refractivity contribution in [3.05, 3.63) is 58.6 Å². The molecule has 2 heterocycles. The molecule has 1 aliphatic rings. The predicted octanol–water partition coefficient (Wildman–Crippen LogP) is 2.95. The molecule has 1 aromatic carbocycles. The average molecular weight is 364 g/mol. The number of hydrogen-bond donors (Lipinski definition) is 0. The predicted molar refractivity (Wildman–Crippen MR) is 86.5 cm³/mol. The highest BCUT2D eigenvalue weighted by atomic mass is 79.9. The van der Waals surface area contributed by atoms with Crippen LogP contribution in [0.1, 0.15) is 10.4 Å². The van der Waals surface area contributed by atoms with Crippen molar-refractivity contribution in [2.75, 3.05) is 31.1 Å². The van der Waals surface area contributed by atoms with Crippen molar-refractivity contribution in [2.45, 2.75) is 0 Å². The molecule has 0 N–H and O–H groups in total. The molecule has 1 amide bonds. The quantitative estimate of drug-likeness (QED) is 0.822. The molecule has 3 rings (SSSR count). The molecule has 0 unspecified atom stereocenters. The first-order valence-electron chi connectivity index (χ1n) is 7.04. The maximum atomic E-state index is 13.0. The SMILES string of the molecule is O=C(c1cncc(Br)c1)N1CCN(c2ccc(F)cc2)CC1. The fraction of sp³-hybridized carbons (Fsp3) is 0.250. The normalized spacial score (nSPS) is 15.0. The molecule has 1 fully saturated rings. The summed E-state index contributed by atoms with van der Waals surface area (Å²) in [6.45, 7) is 2.75. The highest BCUT2D eigenvalue weighted by Gasteiger charge is 2.22. The second-order valence-corrected chi connectivity index (χ2v) is 6.06. The van der Waals surface area contributed by atoms with Crippen molar-refractivity contribution >= 4 is 27.5 Å². The van der Waals surface area contributed by atoms with E-state index >= 15 is 0 Å². The van der Waals surface area contributed by atoms with Gasteiger partial charge in [0.2, 0.25) is 0 Å². The van der Waals surface area contributed by atoms with Gasteiger partial charge in [-0.3, -0.25) is 9.78 Å². The minimum absolute atomic E-state index is 0.00689. The van der Waals surface area contributed by atoms with Crippen LogP contribution in [0.25, 0.3) is 0 Å². The number of carbonyl (C=O) groups is 1. The van der Waals surface area contributed by atoms with E-state index in [1.165, 1.54) is 12.1 Å². The van der Waals surface area contributed by atoms with Crippen LogP contribution in [-0.2, 0) is 0 Å². The van der Waals surface area contributed by atoms with Crippen molar-refractivity contribution in [1.82, 2.24) is 9.88 Å². The van der Waals surface area contributed by atoms with E-state index < -0.39 is 0 Å². The highest BCUT2D eigenvalue weighted by molar-refractivity contribution is 9.10. The average Bonchev–Trinajstić information content (AvgIpc) is 2.55. The molecule has 6 heteroatoms. The number of aromatic nitrogens is 1. The molecular formula is C16H15BrFN3O. The lowest BCUT2D eigenvalue weighted by Crippen LogP contribution is -2.48. The Morgan fingerprint density at radius 2 is 1.77 bits per heavy atom. The van der Waals surface area contributed by atoms with Crippen LogP contribution in [-0.4, -0.2) is 42.0 Å². The van der Waals surface area contributed by atoms with Gasteiger partial charge in [0.1, 0.15) is 5.82 Å². The fourth-order valence-electron chi connectivity index (χ4n) is 2.53. The molecule has 0 aliphatic carbocycles. The van der Waals surface area contributed by atoms with E-state index in [1.54, 1.807) is 30.6 Å². The minimum atomic E-state index is -0.236. The summed E-state index contributed by atoms with van der Waals surface area (Å²) in [4.78, 5) is 20.4. The van der Waals surface area contributed by atoms with Crippen LogP contribution in [0.3, 0.4) is 0 Å². The lowest BCUT2D eigenvalue weighted by atomic mass is 10.2. The van der Waals surface area contributed by atoms with Gasteiger partial charge < -0.3 is 9.80 Å². The second-order valence-electron chi connectivity index (χ2n) is 5.15. The van der Waals surface area contributed by atoms with E-state index in [0.29, 0.717) is 18.7 Å². The van der Waals surface area contributed by atoms with Gasteiger partial charge in [-0.05, 0) is 46.3 Å². The standard InChI is InChI=1S/C16H15BrFN3O/c17-13-9-12(10-19-11-13)16(22)21-7-5-20(6-8-21)15-3-1-14(18)2-4-15/h1-4,9-11H,5-8H2. The Kier molecular flexibility index (Phi) is 4.38. The first kappa shape index (κ1) is 15.0. The molecule has 0 atom stereocenters. The number of pyridine rings is 1. The van der Waals surface area contributed by atoms with E-state index in [0.717, 1.165) is 23.2 Å². The zero-order chi connectivity index (χ0) is 15.5. The number of anilines is 1. The number of benzene rings is 1. The first-order chi connectivity index (χ1) is 10.6. The largest absolute Gasteiger partial charge is 0.368 e. The Morgan fingerprint density at radius 1 is 1.09 bits per heavy atom. The molecule has 4 nitrogen and oxygen atoms in total. The summed E-state index contributed by atoms with van der Waals surface area (Å²) >= 11 is 3.33. The van der Waals surface area contributed by atoms with Crippen LogP contribution < -0.4 is 4.90 Å². The first-order valence-corrected chi connectivity index (χ1v) is 7.83. The summed E-state index contributed by atoms with van der Waals surface area (Å²) in [5.74, 6) is -0.243. The summed E-state index contributed by atoms with van der Waals surface area (Å²) < 4.78 is 13.8. The van der Waals surface area contributed by atoms with Crippen molar-refractivity contribution in [1.29, 1.82) is 0 Å². The van der Waals surface area contributed by atoms with Crippen LogP contribution >= 0.6 is 15.9 Å². The summed E-state index contributed by atoms with van der Waals surface area (Å²) in [5.41, 5.74) is 1.57. The zero-order valence-corrected chi connectivity index (χ0v) is 13.5. The Balaban J connectivity index is 1.64. The fourth-order valence-corrected chi connectivity index (χ4v) is 2.90. The summed E-state index contributed by atoms with van der Waals surface area (Å²) in [6, 6.07) is 8.23. The lowest BCUT2D eigenvalue weighted by molar-refractivity contribution is 0.0746. The summed E-state index contributed by atoms with van der Waals surface area (Å²) in [6.07, 6.45) is 3.24. The Labute approximate surface area is 136 Å². The number of piperazine rings is 1. The van der Waals surface area contributed by atoms with Crippen LogP contribution in [0.4, 0.5) is 10.1 Å². The van der Waals surface area contributed by atoms with Gasteiger partial charge in [0, 0.05) is 48.7 Å². The summed E-state index contributed by atoms with van der Waals surface area (Å²) in [5, 5.41) is 0. The maximum absolute atomic E-state index is 13.0. The number of hydrogen-bond acceptors (Lipinski definition) is 3. The van der Waals surface area contributed by atoms with Crippen molar-refractivity contribution in [3.63, 3.8) is 0 Å². The van der Waals surface area contributed by atoms with Gasteiger partial charge in [-0.2, -0.15) is 0 Å². The second kappa shape index (κ2) is 6.44. The Bertz CT molecular complexity index is 669. The third-order valence-corrected chi connectivity index (χ3v) is 4.14. The molecule has 0 saturated carbocycles. The lowest BCUT2D eigenvalue weighted by Gasteiger charge is -2.36. The third kappa shape index (κ3) is 3.27. The highest BCUT2D eigenvalue weighted by Crippen LogP contribution is 2.18. The number of carbonyl (C=O) groups excluding carboxylic acids is 1. The molecule has 1 saturated heterocycles. The van der Waals surface area contributed by atoms with E-state index in [4.69, 9.17) is 0 Å². The molecule has 0 radical (unpaired) electrons. The van der Waals surface area contributed by atoms with Crippen LogP contribution in [0.5, 0.6) is 0 Å². The monoisotopic (exact) mass is 363 g/mol. The zero-order valence-electron chi connectivity index (χ0n) is 11.9. The van der Waals surface area contributed by atoms with Crippen LogP contribution in [0.15, 0.2) is 47.2 Å². The molecule has 0 bridgehead atoms. The Hall–Kier alpha value is -1.95. The molecule has 1 aromatic heterocycles. The van der Waals surface area contributed by atoms with E-state index in [9.17, 15) is 9.18 Å². The third-order valence-electron chi connectivity index (χ3n) is 3.71. The number of rotatable bonds is 2. The molecule has 114 valence electrons. The molecule has 22 heavy (non-hydrogen) atoms. The van der Waals surface area contributed by atoms with Crippen molar-refractivity contribution in [3.8, 4) is 0 Å². The van der Waals surface area contributed by atoms with Gasteiger partial charge in [0.05, 0.1) is 5.56 Å². The molecule has 2 aromatic rings. The van der Waals surface area contributed by atoms with Crippen LogP contribution in [0.2, 0.25) is 0 Å². The number of amides is 1. The van der Waals surface area contributed by atoms with Gasteiger partial charge >= 0.3 is 0 Å². The molecule has 0 spiro atoms. The van der Waals surface area contributed by atoms with Crippen molar-refractivity contribution < 1.29 is 9.18 Å². The number of nitrogens with zero attached hydrogens (tertiary/aromatic N) is 3. The van der Waals surface area contributed by atoms with E-state index in [1.807, 2.05) is 4.90 Å². The van der Waals surface area contributed by atoms with Gasteiger partial charge in [0.15, 0.2) is 0 Å². The van der Waals surface area contributed by atoms with Gasteiger partial charge in [-0.25, -0.2) is 4.39 Å². The van der Waals surface area contributed by atoms with Gasteiger partial charge in [0.25, 0.3) is 5.91 Å². The van der Waals surface area contributed by atoms with Crippen LogP contribution in [0, 0.1) is 5.82 Å². The number of halogens is 2. The molecule has 1 aliphatic heterocycles. The van der Waals surface area contributed by atoms with E-state index in [2.05, 4.69) is 25.8 Å².